The van der Waals surface area contributed by atoms with Crippen LogP contribution < -0.4 is 5.32 Å². The van der Waals surface area contributed by atoms with E-state index in [0.717, 1.165) is 39.0 Å². The van der Waals surface area contributed by atoms with E-state index in [2.05, 4.69) is 5.32 Å². The van der Waals surface area contributed by atoms with Gasteiger partial charge < -0.3 is 10.2 Å². The monoisotopic (exact) mass is 290 g/mol. The molecule has 1 amide bonds. The lowest BCUT2D eigenvalue weighted by Crippen LogP contribution is -2.45. The molecule has 0 bridgehead atoms. The van der Waals surface area contributed by atoms with Crippen LogP contribution in [0.15, 0.2) is 24.3 Å². The number of carbonyl (C=O) groups is 1. The average molecular weight is 290 g/mol. The lowest BCUT2D eigenvalue weighted by atomic mass is 9.77. The fourth-order valence-corrected chi connectivity index (χ4v) is 3.66. The van der Waals surface area contributed by atoms with Crippen molar-refractivity contribution in [3.05, 3.63) is 35.6 Å². The molecule has 0 aromatic heterocycles. The Balaban J connectivity index is 1.65. The maximum Gasteiger partial charge on any atom is 0.229 e. The maximum absolute atomic E-state index is 13.8. The number of hydrogen-bond donors (Lipinski definition) is 1. The molecule has 2 heterocycles. The van der Waals surface area contributed by atoms with E-state index in [0.29, 0.717) is 11.0 Å². The second kappa shape index (κ2) is 5.76. The molecule has 21 heavy (non-hydrogen) atoms. The van der Waals surface area contributed by atoms with Gasteiger partial charge >= 0.3 is 0 Å². The lowest BCUT2D eigenvalue weighted by Gasteiger charge is -2.39. The Bertz CT molecular complexity index is 515. The van der Waals surface area contributed by atoms with Crippen molar-refractivity contribution in [2.24, 2.45) is 5.41 Å². The van der Waals surface area contributed by atoms with Crippen LogP contribution in [0.1, 0.15) is 37.7 Å². The van der Waals surface area contributed by atoms with Crippen molar-refractivity contribution in [2.45, 2.75) is 32.1 Å². The molecule has 114 valence electrons. The Morgan fingerprint density at radius 3 is 2.62 bits per heavy atom. The molecule has 1 aromatic carbocycles. The van der Waals surface area contributed by atoms with E-state index in [1.165, 1.54) is 12.5 Å². The average Bonchev–Trinajstić information content (AvgIpc) is 2.95. The molecule has 1 atom stereocenters. The molecule has 0 aliphatic carbocycles. The highest BCUT2D eigenvalue weighted by atomic mass is 19.1. The van der Waals surface area contributed by atoms with Gasteiger partial charge in [-0.25, -0.2) is 4.39 Å². The van der Waals surface area contributed by atoms with Crippen LogP contribution >= 0.6 is 0 Å². The topological polar surface area (TPSA) is 32.3 Å². The van der Waals surface area contributed by atoms with E-state index in [4.69, 9.17) is 0 Å². The highest BCUT2D eigenvalue weighted by molar-refractivity contribution is 5.83. The molecule has 3 rings (SSSR count). The number of amides is 1. The standard InChI is InChI=1S/C17H23FN2O/c1-13(14-4-2-3-5-15(14)18)16(21)20-10-7-17(8-11-20)6-9-19-12-17/h2-5,13,19H,6-12H2,1H3. The molecule has 2 fully saturated rings. The van der Waals surface area contributed by atoms with Gasteiger partial charge in [0, 0.05) is 19.6 Å². The maximum atomic E-state index is 13.8. The number of likely N-dealkylation sites (tertiary alicyclic amines) is 1. The number of rotatable bonds is 2. The third-order valence-corrected chi connectivity index (χ3v) is 5.21. The van der Waals surface area contributed by atoms with Gasteiger partial charge in [0.05, 0.1) is 5.92 Å². The Labute approximate surface area is 125 Å². The summed E-state index contributed by atoms with van der Waals surface area (Å²) in [6.45, 7) is 5.60. The molecule has 1 N–H and O–H groups in total. The minimum atomic E-state index is -0.401. The zero-order chi connectivity index (χ0) is 14.9. The number of benzene rings is 1. The second-order valence-corrected chi connectivity index (χ2v) is 6.50. The van der Waals surface area contributed by atoms with E-state index in [1.54, 1.807) is 18.2 Å². The van der Waals surface area contributed by atoms with Gasteiger partial charge in [0.15, 0.2) is 0 Å². The van der Waals surface area contributed by atoms with E-state index in [-0.39, 0.29) is 11.7 Å². The summed E-state index contributed by atoms with van der Waals surface area (Å²) in [6, 6.07) is 6.59. The molecule has 0 radical (unpaired) electrons. The van der Waals surface area contributed by atoms with Crippen molar-refractivity contribution in [1.29, 1.82) is 0 Å². The molecule has 3 nitrogen and oxygen atoms in total. The lowest BCUT2D eigenvalue weighted by molar-refractivity contribution is -0.134. The van der Waals surface area contributed by atoms with E-state index in [1.807, 2.05) is 11.8 Å². The highest BCUT2D eigenvalue weighted by Gasteiger charge is 2.38. The summed E-state index contributed by atoms with van der Waals surface area (Å²) < 4.78 is 13.8. The summed E-state index contributed by atoms with van der Waals surface area (Å²) in [4.78, 5) is 14.5. The molecular weight excluding hydrogens is 267 g/mol. The van der Waals surface area contributed by atoms with Crippen LogP contribution in [-0.2, 0) is 4.79 Å². The van der Waals surface area contributed by atoms with Crippen molar-refractivity contribution in [3.8, 4) is 0 Å². The minimum absolute atomic E-state index is 0.0564. The molecule has 1 aromatic rings. The Hall–Kier alpha value is -1.42. The Morgan fingerprint density at radius 1 is 1.29 bits per heavy atom. The van der Waals surface area contributed by atoms with Crippen LogP contribution in [0.5, 0.6) is 0 Å². The first-order valence-electron chi connectivity index (χ1n) is 7.85. The minimum Gasteiger partial charge on any atom is -0.342 e. The van der Waals surface area contributed by atoms with Gasteiger partial charge in [0.2, 0.25) is 5.91 Å². The quantitative estimate of drug-likeness (QED) is 0.908. The molecular formula is C17H23FN2O. The first kappa shape index (κ1) is 14.5. The predicted molar refractivity (Wildman–Crippen MR) is 80.5 cm³/mol. The van der Waals surface area contributed by atoms with Gasteiger partial charge in [0.25, 0.3) is 0 Å². The number of carbonyl (C=O) groups excluding carboxylic acids is 1. The van der Waals surface area contributed by atoms with Gasteiger partial charge in [-0.1, -0.05) is 18.2 Å². The van der Waals surface area contributed by atoms with Crippen molar-refractivity contribution >= 4 is 5.91 Å². The summed E-state index contributed by atoms with van der Waals surface area (Å²) in [5.41, 5.74) is 0.906. The van der Waals surface area contributed by atoms with Crippen LogP contribution in [0.25, 0.3) is 0 Å². The van der Waals surface area contributed by atoms with Gasteiger partial charge in [0.1, 0.15) is 5.82 Å². The summed E-state index contributed by atoms with van der Waals surface area (Å²) >= 11 is 0. The Kier molecular flexibility index (Phi) is 3.98. The number of nitrogens with zero attached hydrogens (tertiary/aromatic N) is 1. The predicted octanol–water partition coefficient (Wildman–Crippen LogP) is 2.53. The molecule has 0 saturated carbocycles. The second-order valence-electron chi connectivity index (χ2n) is 6.50. The number of hydrogen-bond acceptors (Lipinski definition) is 2. The van der Waals surface area contributed by atoms with Gasteiger partial charge in [-0.2, -0.15) is 0 Å². The van der Waals surface area contributed by atoms with E-state index in [9.17, 15) is 9.18 Å². The third-order valence-electron chi connectivity index (χ3n) is 5.21. The number of nitrogens with one attached hydrogen (secondary N) is 1. The molecule has 4 heteroatoms. The van der Waals surface area contributed by atoms with Crippen LogP contribution in [0.2, 0.25) is 0 Å². The fourth-order valence-electron chi connectivity index (χ4n) is 3.66. The largest absolute Gasteiger partial charge is 0.342 e. The molecule has 2 aliphatic rings. The van der Waals surface area contributed by atoms with Crippen LogP contribution in [-0.4, -0.2) is 37.0 Å². The smallest absolute Gasteiger partial charge is 0.229 e. The van der Waals surface area contributed by atoms with Crippen LogP contribution in [0.4, 0.5) is 4.39 Å². The van der Waals surface area contributed by atoms with Gasteiger partial charge in [-0.15, -0.1) is 0 Å². The summed E-state index contributed by atoms with van der Waals surface area (Å²) in [6.07, 6.45) is 3.35. The normalized spacial score (nSPS) is 22.5. The zero-order valence-corrected chi connectivity index (χ0v) is 12.6. The van der Waals surface area contributed by atoms with Crippen LogP contribution in [0.3, 0.4) is 0 Å². The third kappa shape index (κ3) is 2.82. The van der Waals surface area contributed by atoms with Crippen molar-refractivity contribution in [3.63, 3.8) is 0 Å². The van der Waals surface area contributed by atoms with E-state index < -0.39 is 5.92 Å². The molecule has 1 unspecified atom stereocenters. The molecule has 2 saturated heterocycles. The van der Waals surface area contributed by atoms with Crippen molar-refractivity contribution < 1.29 is 9.18 Å². The van der Waals surface area contributed by atoms with Crippen LogP contribution in [0, 0.1) is 11.2 Å². The van der Waals surface area contributed by atoms with E-state index >= 15 is 0 Å². The zero-order valence-electron chi connectivity index (χ0n) is 12.6. The Morgan fingerprint density at radius 2 is 2.00 bits per heavy atom. The fraction of sp³-hybridized carbons (Fsp3) is 0.588. The SMILES string of the molecule is CC(C(=O)N1CCC2(CCNC2)CC1)c1ccccc1F. The summed E-state index contributed by atoms with van der Waals surface area (Å²) in [5.74, 6) is -0.630. The summed E-state index contributed by atoms with van der Waals surface area (Å²) in [7, 11) is 0. The van der Waals surface area contributed by atoms with Gasteiger partial charge in [-0.3, -0.25) is 4.79 Å². The first-order chi connectivity index (χ1) is 10.1. The first-order valence-corrected chi connectivity index (χ1v) is 7.85. The molecule has 2 aliphatic heterocycles. The van der Waals surface area contributed by atoms with Gasteiger partial charge in [-0.05, 0) is 49.8 Å². The number of piperidine rings is 1. The summed E-state index contributed by atoms with van der Waals surface area (Å²) in [5, 5.41) is 3.43. The highest BCUT2D eigenvalue weighted by Crippen LogP contribution is 2.37. The molecule has 1 spiro atoms. The van der Waals surface area contributed by atoms with Crippen molar-refractivity contribution in [2.75, 3.05) is 26.2 Å². The van der Waals surface area contributed by atoms with Crippen molar-refractivity contribution in [1.82, 2.24) is 10.2 Å². The number of halogens is 1.